The molecular formula is C22H22N2O3. The third kappa shape index (κ3) is 3.58. The summed E-state index contributed by atoms with van der Waals surface area (Å²) in [6.07, 6.45) is 1.71. The predicted molar refractivity (Wildman–Crippen MR) is 103 cm³/mol. The first-order chi connectivity index (χ1) is 12.9. The highest BCUT2D eigenvalue weighted by Crippen LogP contribution is 2.48. The van der Waals surface area contributed by atoms with Crippen molar-refractivity contribution in [3.05, 3.63) is 72.8 Å². The monoisotopic (exact) mass is 362 g/mol. The molecule has 0 spiro atoms. The van der Waals surface area contributed by atoms with Gasteiger partial charge in [0.1, 0.15) is 11.6 Å². The van der Waals surface area contributed by atoms with Crippen LogP contribution < -0.4 is 4.90 Å². The largest absolute Gasteiger partial charge is 0.458 e. The molecule has 1 aliphatic rings. The second kappa shape index (κ2) is 6.58. The summed E-state index contributed by atoms with van der Waals surface area (Å²) in [7, 11) is 0. The van der Waals surface area contributed by atoms with E-state index in [0.717, 1.165) is 11.3 Å². The SMILES string of the molecule is CC(C)(C)OC(=O)[C@H]1[C@H](c2ncc(-c3ccccc3)o2)N1c1ccccc1. The molecular weight excluding hydrogens is 340 g/mol. The van der Waals surface area contributed by atoms with Gasteiger partial charge in [-0.1, -0.05) is 48.5 Å². The number of esters is 1. The van der Waals surface area contributed by atoms with Gasteiger partial charge in [0.25, 0.3) is 0 Å². The van der Waals surface area contributed by atoms with Crippen LogP contribution in [0.1, 0.15) is 32.7 Å². The maximum absolute atomic E-state index is 12.7. The van der Waals surface area contributed by atoms with Gasteiger partial charge in [0.15, 0.2) is 11.8 Å². The van der Waals surface area contributed by atoms with Crippen LogP contribution >= 0.6 is 0 Å². The third-order valence-electron chi connectivity index (χ3n) is 4.35. The number of hydrogen-bond acceptors (Lipinski definition) is 5. The molecule has 3 aromatic rings. The second-order valence-corrected chi connectivity index (χ2v) is 7.59. The summed E-state index contributed by atoms with van der Waals surface area (Å²) in [5.41, 5.74) is 1.35. The molecule has 0 amide bonds. The van der Waals surface area contributed by atoms with Crippen LogP contribution in [0.2, 0.25) is 0 Å². The molecule has 0 bridgehead atoms. The Kier molecular flexibility index (Phi) is 4.22. The first-order valence-electron chi connectivity index (χ1n) is 9.01. The molecule has 2 aromatic carbocycles. The third-order valence-corrected chi connectivity index (χ3v) is 4.35. The van der Waals surface area contributed by atoms with Crippen molar-refractivity contribution in [1.82, 2.24) is 4.98 Å². The van der Waals surface area contributed by atoms with Crippen LogP contribution in [0.3, 0.4) is 0 Å². The van der Waals surface area contributed by atoms with Crippen LogP contribution in [0.25, 0.3) is 11.3 Å². The minimum Gasteiger partial charge on any atom is -0.458 e. The van der Waals surface area contributed by atoms with Crippen LogP contribution in [-0.2, 0) is 9.53 Å². The van der Waals surface area contributed by atoms with Crippen LogP contribution in [0.4, 0.5) is 5.69 Å². The highest BCUT2D eigenvalue weighted by molar-refractivity contribution is 5.88. The minimum absolute atomic E-state index is 0.264. The van der Waals surface area contributed by atoms with Crippen LogP contribution in [0, 0.1) is 0 Å². The van der Waals surface area contributed by atoms with Crippen molar-refractivity contribution in [3.63, 3.8) is 0 Å². The van der Waals surface area contributed by atoms with E-state index in [1.54, 1.807) is 6.20 Å². The molecule has 0 N–H and O–H groups in total. The predicted octanol–water partition coefficient (Wildman–Crippen LogP) is 4.61. The van der Waals surface area contributed by atoms with Crippen LogP contribution in [-0.4, -0.2) is 22.6 Å². The first-order valence-corrected chi connectivity index (χ1v) is 9.01. The molecule has 27 heavy (non-hydrogen) atoms. The Balaban J connectivity index is 1.63. The zero-order valence-corrected chi connectivity index (χ0v) is 15.6. The molecule has 5 nitrogen and oxygen atoms in total. The molecule has 0 unspecified atom stereocenters. The maximum Gasteiger partial charge on any atom is 0.332 e. The van der Waals surface area contributed by atoms with E-state index in [0.29, 0.717) is 11.7 Å². The first kappa shape index (κ1) is 17.3. The zero-order valence-electron chi connectivity index (χ0n) is 15.6. The Morgan fingerprint density at radius 2 is 1.67 bits per heavy atom. The second-order valence-electron chi connectivity index (χ2n) is 7.59. The maximum atomic E-state index is 12.7. The Bertz CT molecular complexity index is 929. The average molecular weight is 362 g/mol. The van der Waals surface area contributed by atoms with Gasteiger partial charge in [0, 0.05) is 11.3 Å². The van der Waals surface area contributed by atoms with Gasteiger partial charge < -0.3 is 14.1 Å². The Labute approximate surface area is 158 Å². The Hall–Kier alpha value is -3.08. The van der Waals surface area contributed by atoms with Crippen LogP contribution in [0.5, 0.6) is 0 Å². The Morgan fingerprint density at radius 3 is 2.30 bits per heavy atom. The van der Waals surface area contributed by atoms with Crippen molar-refractivity contribution in [2.45, 2.75) is 38.5 Å². The number of carbonyl (C=O) groups is 1. The van der Waals surface area contributed by atoms with Gasteiger partial charge >= 0.3 is 5.97 Å². The highest BCUT2D eigenvalue weighted by atomic mass is 16.6. The number of hydrogen-bond donors (Lipinski definition) is 0. The fraction of sp³-hybridized carbons (Fsp3) is 0.273. The number of aromatic nitrogens is 1. The lowest BCUT2D eigenvalue weighted by Crippen LogP contribution is -2.28. The number of anilines is 1. The van der Waals surface area contributed by atoms with Crippen molar-refractivity contribution >= 4 is 11.7 Å². The van der Waals surface area contributed by atoms with Gasteiger partial charge in [-0.3, -0.25) is 0 Å². The summed E-state index contributed by atoms with van der Waals surface area (Å²) in [6.45, 7) is 5.61. The fourth-order valence-corrected chi connectivity index (χ4v) is 3.17. The van der Waals surface area contributed by atoms with E-state index in [9.17, 15) is 4.79 Å². The number of oxazole rings is 1. The van der Waals surface area contributed by atoms with Crippen molar-refractivity contribution < 1.29 is 13.9 Å². The molecule has 5 heteroatoms. The topological polar surface area (TPSA) is 55.3 Å². The molecule has 4 rings (SSSR count). The standard InChI is InChI=1S/C22H22N2O3/c1-22(2,3)27-21(25)19-18(24(19)16-12-8-5-9-13-16)20-23-14-17(26-20)15-10-6-4-7-11-15/h4-14,18-19H,1-3H3/t18-,19-,24?/m1/s1. The summed E-state index contributed by atoms with van der Waals surface area (Å²) >= 11 is 0. The molecule has 1 aromatic heterocycles. The van der Waals surface area contributed by atoms with Crippen molar-refractivity contribution in [1.29, 1.82) is 0 Å². The van der Waals surface area contributed by atoms with Crippen molar-refractivity contribution in [2.75, 3.05) is 4.90 Å². The van der Waals surface area contributed by atoms with E-state index < -0.39 is 11.6 Å². The normalized spacial score (nSPS) is 19.0. The number of carbonyl (C=O) groups excluding carboxylic acids is 1. The molecule has 0 radical (unpaired) electrons. The summed E-state index contributed by atoms with van der Waals surface area (Å²) in [6, 6.07) is 18.9. The van der Waals surface area contributed by atoms with Gasteiger partial charge in [-0.25, -0.2) is 9.78 Å². The average Bonchev–Trinajstić information content (AvgIpc) is 3.21. The highest BCUT2D eigenvalue weighted by Gasteiger charge is 2.58. The van der Waals surface area contributed by atoms with Crippen molar-refractivity contribution in [3.8, 4) is 11.3 Å². The van der Waals surface area contributed by atoms with Gasteiger partial charge in [-0.2, -0.15) is 0 Å². The number of rotatable bonds is 4. The molecule has 0 aliphatic carbocycles. The van der Waals surface area contributed by atoms with E-state index in [-0.39, 0.29) is 12.0 Å². The molecule has 1 fully saturated rings. The number of nitrogens with zero attached hydrogens (tertiary/aromatic N) is 2. The summed E-state index contributed by atoms with van der Waals surface area (Å²) in [4.78, 5) is 19.2. The van der Waals surface area contributed by atoms with E-state index in [2.05, 4.69) is 4.98 Å². The minimum atomic E-state index is -0.543. The molecule has 1 saturated heterocycles. The number of para-hydroxylation sites is 1. The Morgan fingerprint density at radius 1 is 1.04 bits per heavy atom. The van der Waals surface area contributed by atoms with Crippen molar-refractivity contribution in [2.24, 2.45) is 0 Å². The molecule has 0 saturated carbocycles. The smallest absolute Gasteiger partial charge is 0.332 e. The fourth-order valence-electron chi connectivity index (χ4n) is 3.17. The number of benzene rings is 2. The lowest BCUT2D eigenvalue weighted by atomic mass is 10.2. The van der Waals surface area contributed by atoms with E-state index in [1.165, 1.54) is 0 Å². The lowest BCUT2D eigenvalue weighted by Gasteiger charge is -2.19. The van der Waals surface area contributed by atoms with E-state index in [4.69, 9.17) is 9.15 Å². The molecule has 1 aliphatic heterocycles. The summed E-state index contributed by atoms with van der Waals surface area (Å²) in [5, 5.41) is 0. The molecule has 138 valence electrons. The summed E-state index contributed by atoms with van der Waals surface area (Å²) < 4.78 is 11.6. The van der Waals surface area contributed by atoms with E-state index in [1.807, 2.05) is 86.3 Å². The quantitative estimate of drug-likeness (QED) is 0.501. The van der Waals surface area contributed by atoms with Crippen LogP contribution in [0.15, 0.2) is 71.3 Å². The number of ether oxygens (including phenoxy) is 1. The van der Waals surface area contributed by atoms with Gasteiger partial charge in [0.05, 0.1) is 6.20 Å². The zero-order chi connectivity index (χ0) is 19.0. The van der Waals surface area contributed by atoms with Gasteiger partial charge in [-0.15, -0.1) is 0 Å². The lowest BCUT2D eigenvalue weighted by molar-refractivity contribution is -0.154. The molecule has 2 heterocycles. The van der Waals surface area contributed by atoms with E-state index >= 15 is 0 Å². The molecule has 2 atom stereocenters. The van der Waals surface area contributed by atoms with Gasteiger partial charge in [-0.05, 0) is 32.9 Å². The van der Waals surface area contributed by atoms with Gasteiger partial charge in [0.2, 0.25) is 5.89 Å². The summed E-state index contributed by atoms with van der Waals surface area (Å²) in [5.74, 6) is 0.942.